The highest BCUT2D eigenvalue weighted by molar-refractivity contribution is 7.89. The number of hydrogen-bond acceptors (Lipinski definition) is 4. The van der Waals surface area contributed by atoms with Gasteiger partial charge in [0.1, 0.15) is 11.5 Å². The normalized spacial score (nSPS) is 16.4. The maximum Gasteiger partial charge on any atom is 0.240 e. The van der Waals surface area contributed by atoms with Gasteiger partial charge in [-0.3, -0.25) is 4.79 Å². The Morgan fingerprint density at radius 3 is 2.52 bits per heavy atom. The third-order valence-corrected chi connectivity index (χ3v) is 6.31. The smallest absolute Gasteiger partial charge is 0.240 e. The van der Waals surface area contributed by atoms with Crippen LogP contribution in [0.5, 0.6) is 0 Å². The molecule has 0 saturated heterocycles. The van der Waals surface area contributed by atoms with E-state index in [0.29, 0.717) is 25.8 Å². The van der Waals surface area contributed by atoms with Crippen molar-refractivity contribution < 1.29 is 17.6 Å². The summed E-state index contributed by atoms with van der Waals surface area (Å²) in [5.74, 6) is 1.61. The molecule has 1 aromatic carbocycles. The van der Waals surface area contributed by atoms with Crippen LogP contribution in [0.3, 0.4) is 0 Å². The molecule has 0 unspecified atom stereocenters. The van der Waals surface area contributed by atoms with Gasteiger partial charge in [0.05, 0.1) is 10.6 Å². The van der Waals surface area contributed by atoms with E-state index in [-0.39, 0.29) is 17.3 Å². The highest BCUT2D eigenvalue weighted by Crippen LogP contribution is 2.38. The Kier molecular flexibility index (Phi) is 3.73. The van der Waals surface area contributed by atoms with Crippen LogP contribution < -0.4 is 9.62 Å². The van der Waals surface area contributed by atoms with Crippen molar-refractivity contribution in [2.24, 2.45) is 0 Å². The molecule has 2 aliphatic heterocycles. The van der Waals surface area contributed by atoms with Crippen LogP contribution in [0, 0.1) is 13.8 Å². The van der Waals surface area contributed by atoms with Crippen LogP contribution in [0.25, 0.3) is 0 Å². The fraction of sp³-hybridized carbons (Fsp3) is 0.389. The molecule has 0 aliphatic carbocycles. The van der Waals surface area contributed by atoms with E-state index in [1.54, 1.807) is 17.0 Å². The fourth-order valence-electron chi connectivity index (χ4n) is 3.70. The quantitative estimate of drug-likeness (QED) is 0.907. The molecule has 6 nitrogen and oxygen atoms in total. The highest BCUT2D eigenvalue weighted by Gasteiger charge is 2.32. The lowest BCUT2D eigenvalue weighted by Crippen LogP contribution is -2.33. The zero-order valence-corrected chi connectivity index (χ0v) is 15.1. The lowest BCUT2D eigenvalue weighted by molar-refractivity contribution is -0.118. The third kappa shape index (κ3) is 2.77. The first-order chi connectivity index (χ1) is 11.8. The Morgan fingerprint density at radius 2 is 1.84 bits per heavy atom. The number of carbonyl (C=O) groups excluding carboxylic acids is 1. The Hall–Kier alpha value is -2.12. The van der Waals surface area contributed by atoms with Gasteiger partial charge in [0.2, 0.25) is 15.9 Å². The number of nitrogens with one attached hydrogen (secondary N) is 1. The first-order valence-corrected chi connectivity index (χ1v) is 9.85. The highest BCUT2D eigenvalue weighted by atomic mass is 32.2. The number of carbonyl (C=O) groups is 1. The molecule has 25 heavy (non-hydrogen) atoms. The van der Waals surface area contributed by atoms with Crippen molar-refractivity contribution in [1.29, 1.82) is 0 Å². The third-order valence-electron chi connectivity index (χ3n) is 4.93. The molecule has 0 spiro atoms. The maximum atomic E-state index is 12.7. The summed E-state index contributed by atoms with van der Waals surface area (Å²) in [5, 5.41) is 0. The summed E-state index contributed by atoms with van der Waals surface area (Å²) in [6, 6.07) is 5.25. The second-order valence-corrected chi connectivity index (χ2v) is 8.42. The van der Waals surface area contributed by atoms with Gasteiger partial charge in [-0.05, 0) is 56.0 Å². The summed E-state index contributed by atoms with van der Waals surface area (Å²) in [7, 11) is -3.62. The number of nitrogens with zero attached hydrogens (tertiary/aromatic N) is 1. The van der Waals surface area contributed by atoms with E-state index in [0.717, 1.165) is 33.9 Å². The summed E-state index contributed by atoms with van der Waals surface area (Å²) in [6.45, 7) is 4.50. The Balaban J connectivity index is 1.63. The molecule has 7 heteroatoms. The SMILES string of the molecule is Cc1cc(CNS(=O)(=O)c2cc3c4c(c2)CCN4C(=O)CC3)c(C)o1. The van der Waals surface area contributed by atoms with Crippen LogP contribution in [-0.2, 0) is 34.2 Å². The molecule has 1 amide bonds. The molecule has 132 valence electrons. The van der Waals surface area contributed by atoms with Crippen molar-refractivity contribution in [1.82, 2.24) is 4.72 Å². The molecule has 0 fully saturated rings. The minimum Gasteiger partial charge on any atom is -0.466 e. The standard InChI is InChI=1S/C18H20N2O4S/c1-11-7-15(12(2)24-11)10-19-25(22,23)16-8-13-3-4-17(21)20-6-5-14(9-16)18(13)20/h7-9,19H,3-6,10H2,1-2H3. The van der Waals surface area contributed by atoms with Crippen molar-refractivity contribution in [3.05, 3.63) is 46.4 Å². The van der Waals surface area contributed by atoms with Gasteiger partial charge in [0, 0.05) is 25.1 Å². The number of hydrogen-bond donors (Lipinski definition) is 1. The molecule has 3 heterocycles. The summed E-state index contributed by atoms with van der Waals surface area (Å²) >= 11 is 0. The molecule has 1 aromatic heterocycles. The van der Waals surface area contributed by atoms with Crippen molar-refractivity contribution >= 4 is 21.6 Å². The predicted molar refractivity (Wildman–Crippen MR) is 93.0 cm³/mol. The Bertz CT molecular complexity index is 975. The van der Waals surface area contributed by atoms with Gasteiger partial charge in [0.15, 0.2) is 0 Å². The molecular formula is C18H20N2O4S. The van der Waals surface area contributed by atoms with Crippen molar-refractivity contribution in [2.45, 2.75) is 44.6 Å². The molecule has 0 saturated carbocycles. The first-order valence-electron chi connectivity index (χ1n) is 8.37. The van der Waals surface area contributed by atoms with Gasteiger partial charge in [-0.15, -0.1) is 0 Å². The number of benzene rings is 1. The second kappa shape index (κ2) is 5.71. The van der Waals surface area contributed by atoms with Crippen molar-refractivity contribution in [3.8, 4) is 0 Å². The van der Waals surface area contributed by atoms with E-state index in [1.807, 2.05) is 19.9 Å². The summed E-state index contributed by atoms with van der Waals surface area (Å²) in [5.41, 5.74) is 3.66. The number of sulfonamides is 1. The second-order valence-electron chi connectivity index (χ2n) is 6.65. The average Bonchev–Trinajstić information content (AvgIpc) is 3.13. The van der Waals surface area contributed by atoms with Gasteiger partial charge >= 0.3 is 0 Å². The van der Waals surface area contributed by atoms with Gasteiger partial charge < -0.3 is 9.32 Å². The largest absolute Gasteiger partial charge is 0.466 e. The van der Waals surface area contributed by atoms with Crippen LogP contribution >= 0.6 is 0 Å². The number of anilines is 1. The topological polar surface area (TPSA) is 79.6 Å². The molecular weight excluding hydrogens is 340 g/mol. The number of aryl methyl sites for hydroxylation is 3. The summed E-state index contributed by atoms with van der Waals surface area (Å²) in [6.07, 6.45) is 1.75. The molecule has 0 atom stereocenters. The zero-order valence-electron chi connectivity index (χ0n) is 14.3. The van der Waals surface area contributed by atoms with Crippen LogP contribution in [-0.4, -0.2) is 20.9 Å². The maximum absolute atomic E-state index is 12.7. The fourth-order valence-corrected chi connectivity index (χ4v) is 4.80. The number of amides is 1. The van der Waals surface area contributed by atoms with Gasteiger partial charge in [-0.1, -0.05) is 0 Å². The van der Waals surface area contributed by atoms with E-state index >= 15 is 0 Å². The van der Waals surface area contributed by atoms with E-state index in [4.69, 9.17) is 4.42 Å². The van der Waals surface area contributed by atoms with E-state index in [9.17, 15) is 13.2 Å². The van der Waals surface area contributed by atoms with Crippen LogP contribution in [0.1, 0.15) is 34.6 Å². The van der Waals surface area contributed by atoms with Gasteiger partial charge in [-0.25, -0.2) is 13.1 Å². The lowest BCUT2D eigenvalue weighted by atomic mass is 10.00. The zero-order chi connectivity index (χ0) is 17.8. The Morgan fingerprint density at radius 1 is 1.12 bits per heavy atom. The monoisotopic (exact) mass is 360 g/mol. The first kappa shape index (κ1) is 16.4. The minimum absolute atomic E-state index is 0.130. The van der Waals surface area contributed by atoms with Crippen LogP contribution in [0.2, 0.25) is 0 Å². The predicted octanol–water partition coefficient (Wildman–Crippen LogP) is 2.21. The molecule has 2 aromatic rings. The van der Waals surface area contributed by atoms with E-state index in [1.165, 1.54) is 0 Å². The van der Waals surface area contributed by atoms with E-state index in [2.05, 4.69) is 4.72 Å². The average molecular weight is 360 g/mol. The molecule has 0 bridgehead atoms. The minimum atomic E-state index is -3.62. The van der Waals surface area contributed by atoms with Crippen molar-refractivity contribution in [2.75, 3.05) is 11.4 Å². The summed E-state index contributed by atoms with van der Waals surface area (Å²) in [4.78, 5) is 14.0. The molecule has 4 rings (SSSR count). The number of furan rings is 1. The van der Waals surface area contributed by atoms with Gasteiger partial charge in [-0.2, -0.15) is 0 Å². The Labute approximate surface area is 146 Å². The van der Waals surface area contributed by atoms with Crippen molar-refractivity contribution in [3.63, 3.8) is 0 Å². The van der Waals surface area contributed by atoms with E-state index < -0.39 is 10.0 Å². The lowest BCUT2D eigenvalue weighted by Gasteiger charge is -2.25. The number of rotatable bonds is 4. The van der Waals surface area contributed by atoms with Crippen LogP contribution in [0.4, 0.5) is 5.69 Å². The van der Waals surface area contributed by atoms with Gasteiger partial charge in [0.25, 0.3) is 0 Å². The molecule has 0 radical (unpaired) electrons. The summed E-state index contributed by atoms with van der Waals surface area (Å²) < 4.78 is 33.6. The molecule has 2 aliphatic rings. The molecule has 1 N–H and O–H groups in total. The van der Waals surface area contributed by atoms with Crippen LogP contribution in [0.15, 0.2) is 27.5 Å².